The Hall–Kier alpha value is -1.66. The lowest BCUT2D eigenvalue weighted by molar-refractivity contribution is -0.385. The van der Waals surface area contributed by atoms with Crippen LogP contribution in [0.25, 0.3) is 0 Å². The summed E-state index contributed by atoms with van der Waals surface area (Å²) < 4.78 is 19.6. The van der Waals surface area contributed by atoms with Crippen LogP contribution in [-0.2, 0) is 5.88 Å². The van der Waals surface area contributed by atoms with Crippen LogP contribution in [-0.4, -0.2) is 4.92 Å². The van der Waals surface area contributed by atoms with E-state index in [2.05, 4.69) is 15.9 Å². The van der Waals surface area contributed by atoms with E-state index in [0.717, 1.165) is 0 Å². The molecular weight excluding hydrogens is 353 g/mol. The van der Waals surface area contributed by atoms with Crippen LogP contribution >= 0.6 is 27.5 Å². The Balaban J connectivity index is 2.32. The van der Waals surface area contributed by atoms with Gasteiger partial charge in [-0.05, 0) is 23.8 Å². The molecule has 0 amide bonds. The van der Waals surface area contributed by atoms with Crippen molar-refractivity contribution >= 4 is 33.2 Å². The minimum atomic E-state index is -0.578. The van der Waals surface area contributed by atoms with Crippen LogP contribution in [0.4, 0.5) is 10.1 Å². The molecule has 7 heteroatoms. The van der Waals surface area contributed by atoms with Crippen molar-refractivity contribution in [2.75, 3.05) is 0 Å². The van der Waals surface area contributed by atoms with Gasteiger partial charge in [0, 0.05) is 16.4 Å². The molecule has 0 bridgehead atoms. The number of rotatable bonds is 4. The first-order valence-electron chi connectivity index (χ1n) is 5.47. The van der Waals surface area contributed by atoms with Gasteiger partial charge < -0.3 is 4.74 Å². The van der Waals surface area contributed by atoms with Gasteiger partial charge in [-0.2, -0.15) is 0 Å². The maximum absolute atomic E-state index is 13.8. The zero-order valence-corrected chi connectivity index (χ0v) is 12.3. The molecule has 0 aliphatic carbocycles. The summed E-state index contributed by atoms with van der Waals surface area (Å²) in [7, 11) is 0. The Morgan fingerprint density at radius 1 is 1.30 bits per heavy atom. The number of nitro groups is 1. The first-order valence-corrected chi connectivity index (χ1v) is 6.79. The molecule has 0 saturated carbocycles. The van der Waals surface area contributed by atoms with Crippen LogP contribution in [0.1, 0.15) is 5.56 Å². The zero-order valence-electron chi connectivity index (χ0n) is 9.98. The van der Waals surface area contributed by atoms with Crippen LogP contribution in [0.5, 0.6) is 11.5 Å². The Labute approximate surface area is 127 Å². The summed E-state index contributed by atoms with van der Waals surface area (Å²) in [5.74, 6) is -0.236. The van der Waals surface area contributed by atoms with Crippen LogP contribution in [0.2, 0.25) is 0 Å². The molecule has 0 aliphatic heterocycles. The molecule has 2 aromatic carbocycles. The van der Waals surface area contributed by atoms with E-state index >= 15 is 0 Å². The Kier molecular flexibility index (Phi) is 4.57. The maximum atomic E-state index is 13.8. The molecule has 0 unspecified atom stereocenters. The molecule has 2 aromatic rings. The lowest BCUT2D eigenvalue weighted by Crippen LogP contribution is -1.92. The van der Waals surface area contributed by atoms with Crippen molar-refractivity contribution in [3.05, 3.63) is 62.4 Å². The second-order valence-corrected chi connectivity index (χ2v) is 5.09. The molecule has 0 fully saturated rings. The molecule has 0 saturated heterocycles. The average Bonchev–Trinajstić information content (AvgIpc) is 2.40. The third kappa shape index (κ3) is 3.46. The van der Waals surface area contributed by atoms with E-state index in [9.17, 15) is 14.5 Å². The monoisotopic (exact) mass is 359 g/mol. The van der Waals surface area contributed by atoms with E-state index in [-0.39, 0.29) is 23.1 Å². The van der Waals surface area contributed by atoms with Crippen molar-refractivity contribution in [3.63, 3.8) is 0 Å². The second kappa shape index (κ2) is 6.19. The van der Waals surface area contributed by atoms with Gasteiger partial charge in [-0.1, -0.05) is 22.0 Å². The summed E-state index contributed by atoms with van der Waals surface area (Å²) in [5.41, 5.74) is 0.476. The van der Waals surface area contributed by atoms with Gasteiger partial charge in [-0.3, -0.25) is 10.1 Å². The number of alkyl halides is 1. The Morgan fingerprint density at radius 2 is 2.05 bits per heavy atom. The number of hydrogen-bond acceptors (Lipinski definition) is 3. The fraction of sp³-hybridized carbons (Fsp3) is 0.0769. The highest BCUT2D eigenvalue weighted by Gasteiger charge is 2.12. The van der Waals surface area contributed by atoms with E-state index < -0.39 is 10.7 Å². The van der Waals surface area contributed by atoms with Gasteiger partial charge in [0.05, 0.1) is 11.0 Å². The van der Waals surface area contributed by atoms with Crippen molar-refractivity contribution in [1.82, 2.24) is 0 Å². The zero-order chi connectivity index (χ0) is 14.7. The van der Waals surface area contributed by atoms with Crippen LogP contribution < -0.4 is 4.74 Å². The molecule has 0 aliphatic rings. The summed E-state index contributed by atoms with van der Waals surface area (Å²) in [5, 5.41) is 10.7. The smallest absolute Gasteiger partial charge is 0.274 e. The quantitative estimate of drug-likeness (QED) is 0.436. The van der Waals surface area contributed by atoms with Gasteiger partial charge in [0.2, 0.25) is 0 Å². The predicted octanol–water partition coefficient (Wildman–Crippen LogP) is 5.03. The van der Waals surface area contributed by atoms with Crippen LogP contribution in [0, 0.1) is 15.9 Å². The van der Waals surface area contributed by atoms with Gasteiger partial charge in [0.1, 0.15) is 5.75 Å². The summed E-state index contributed by atoms with van der Waals surface area (Å²) in [6, 6.07) is 8.38. The molecule has 0 heterocycles. The summed E-state index contributed by atoms with van der Waals surface area (Å²) in [6.07, 6.45) is 0. The highest BCUT2D eigenvalue weighted by Crippen LogP contribution is 2.31. The normalized spacial score (nSPS) is 10.3. The fourth-order valence-electron chi connectivity index (χ4n) is 1.55. The number of non-ortho nitro benzene ring substituents is 1. The van der Waals surface area contributed by atoms with Crippen molar-refractivity contribution < 1.29 is 14.1 Å². The summed E-state index contributed by atoms with van der Waals surface area (Å²) in [4.78, 5) is 10.2. The predicted molar refractivity (Wildman–Crippen MR) is 76.8 cm³/mol. The number of halogens is 3. The van der Waals surface area contributed by atoms with E-state index in [0.29, 0.717) is 10.0 Å². The second-order valence-electron chi connectivity index (χ2n) is 3.90. The van der Waals surface area contributed by atoms with E-state index in [4.69, 9.17) is 16.3 Å². The maximum Gasteiger partial charge on any atom is 0.274 e. The molecule has 0 aromatic heterocycles. The van der Waals surface area contributed by atoms with E-state index in [1.54, 1.807) is 6.07 Å². The topological polar surface area (TPSA) is 52.4 Å². The van der Waals surface area contributed by atoms with Gasteiger partial charge >= 0.3 is 0 Å². The number of nitro benzene ring substituents is 1. The number of nitrogens with zero attached hydrogens (tertiary/aromatic N) is 1. The molecule has 20 heavy (non-hydrogen) atoms. The van der Waals surface area contributed by atoms with Gasteiger partial charge in [-0.15, -0.1) is 11.6 Å². The van der Waals surface area contributed by atoms with Crippen LogP contribution in [0.15, 0.2) is 40.9 Å². The van der Waals surface area contributed by atoms with Crippen molar-refractivity contribution in [1.29, 1.82) is 0 Å². The average molecular weight is 361 g/mol. The molecular formula is C13H8BrClFNO3. The third-order valence-electron chi connectivity index (χ3n) is 2.45. The first kappa shape index (κ1) is 14.7. The number of benzene rings is 2. The van der Waals surface area contributed by atoms with Crippen molar-refractivity contribution in [3.8, 4) is 11.5 Å². The number of ether oxygens (including phenoxy) is 1. The summed E-state index contributed by atoms with van der Waals surface area (Å²) in [6.45, 7) is 0. The molecule has 104 valence electrons. The Bertz CT molecular complexity index is 666. The van der Waals surface area contributed by atoms with E-state index in [1.807, 2.05) is 0 Å². The molecule has 0 radical (unpaired) electrons. The van der Waals surface area contributed by atoms with Gasteiger partial charge in [0.25, 0.3) is 5.69 Å². The molecule has 2 rings (SSSR count). The van der Waals surface area contributed by atoms with Gasteiger partial charge in [0.15, 0.2) is 11.6 Å². The molecule has 0 atom stereocenters. The minimum absolute atomic E-state index is 0.0220. The SMILES string of the molecule is O=[N+]([O-])c1cc(Br)cc(Oc2ccc(CCl)cc2F)c1. The summed E-state index contributed by atoms with van der Waals surface area (Å²) >= 11 is 8.74. The van der Waals surface area contributed by atoms with Gasteiger partial charge in [-0.25, -0.2) is 4.39 Å². The highest BCUT2D eigenvalue weighted by molar-refractivity contribution is 9.10. The first-order chi connectivity index (χ1) is 9.49. The van der Waals surface area contributed by atoms with Crippen molar-refractivity contribution in [2.24, 2.45) is 0 Å². The van der Waals surface area contributed by atoms with E-state index in [1.165, 1.54) is 30.3 Å². The standard InChI is InChI=1S/C13H8BrClFNO3/c14-9-4-10(17(18)19)6-11(5-9)20-13-2-1-8(7-15)3-12(13)16/h1-6H,7H2. The lowest BCUT2D eigenvalue weighted by atomic mass is 10.2. The Morgan fingerprint density at radius 3 is 2.65 bits per heavy atom. The molecule has 0 spiro atoms. The largest absolute Gasteiger partial charge is 0.454 e. The van der Waals surface area contributed by atoms with Crippen molar-refractivity contribution in [2.45, 2.75) is 5.88 Å². The number of hydrogen-bond donors (Lipinski definition) is 0. The molecule has 4 nitrogen and oxygen atoms in total. The fourth-order valence-corrected chi connectivity index (χ4v) is 2.18. The third-order valence-corrected chi connectivity index (χ3v) is 3.21. The minimum Gasteiger partial charge on any atom is -0.454 e. The van der Waals surface area contributed by atoms with Crippen LogP contribution in [0.3, 0.4) is 0 Å². The molecule has 0 N–H and O–H groups in total. The lowest BCUT2D eigenvalue weighted by Gasteiger charge is -2.08. The highest BCUT2D eigenvalue weighted by atomic mass is 79.9.